The maximum atomic E-state index is 14.2. The summed E-state index contributed by atoms with van der Waals surface area (Å²) in [5.41, 5.74) is -1.47. The molecule has 0 unspecified atom stereocenters. The van der Waals surface area contributed by atoms with Crippen LogP contribution in [0.3, 0.4) is 0 Å². The smallest absolute Gasteiger partial charge is 0.185 e. The van der Waals surface area contributed by atoms with Crippen LogP contribution in [-0.2, 0) is 4.74 Å². The van der Waals surface area contributed by atoms with Crippen LogP contribution in [0.1, 0.15) is 32.3 Å². The van der Waals surface area contributed by atoms with E-state index in [2.05, 4.69) is 5.32 Å². The minimum Gasteiger partial charge on any atom is -0.378 e. The first-order valence-corrected chi connectivity index (χ1v) is 8.71. The topological polar surface area (TPSA) is 25.7 Å². The molecule has 140 valence electrons. The number of nitrogens with one attached hydrogen (secondary N) is 2. The van der Waals surface area contributed by atoms with Gasteiger partial charge in [0.25, 0.3) is 0 Å². The van der Waals surface area contributed by atoms with Gasteiger partial charge in [0.2, 0.25) is 0 Å². The zero-order valence-corrected chi connectivity index (χ0v) is 14.6. The van der Waals surface area contributed by atoms with Crippen LogP contribution in [0, 0.1) is 23.3 Å². The molecule has 1 saturated heterocycles. The lowest BCUT2D eigenvalue weighted by atomic mass is 10.1. The molecule has 1 aromatic rings. The van der Waals surface area contributed by atoms with Crippen LogP contribution in [0.25, 0.3) is 6.08 Å². The molecule has 2 N–H and O–H groups in total. The molecule has 25 heavy (non-hydrogen) atoms. The summed E-state index contributed by atoms with van der Waals surface area (Å²) in [4.78, 5) is 1.19. The molecule has 7 heteroatoms. The van der Waals surface area contributed by atoms with Crippen molar-refractivity contribution in [2.75, 3.05) is 38.1 Å². The Kier molecular flexibility index (Phi) is 7.25. The first kappa shape index (κ1) is 19.7. The lowest BCUT2D eigenvalue weighted by molar-refractivity contribution is -0.890. The molecule has 0 bridgehead atoms. The molecule has 1 atom stereocenters. The molecule has 1 heterocycles. The van der Waals surface area contributed by atoms with Crippen LogP contribution in [-0.4, -0.2) is 38.9 Å². The molecular formula is C18H25F4N2O+. The highest BCUT2D eigenvalue weighted by Gasteiger charge is 2.25. The molecule has 0 aliphatic carbocycles. The fraction of sp³-hybridized carbons (Fsp3) is 0.556. The second kappa shape index (κ2) is 9.20. The highest BCUT2D eigenvalue weighted by molar-refractivity contribution is 5.58. The highest BCUT2D eigenvalue weighted by atomic mass is 19.2. The van der Waals surface area contributed by atoms with Crippen molar-refractivity contribution in [3.05, 3.63) is 34.9 Å². The molecule has 1 fully saturated rings. The van der Waals surface area contributed by atoms with Crippen molar-refractivity contribution in [2.24, 2.45) is 0 Å². The maximum Gasteiger partial charge on any atom is 0.185 e. The van der Waals surface area contributed by atoms with Gasteiger partial charge in [0.05, 0.1) is 31.3 Å². The molecule has 0 saturated carbocycles. The van der Waals surface area contributed by atoms with Gasteiger partial charge in [-0.25, -0.2) is 17.6 Å². The number of anilines is 1. The normalized spacial score (nSPS) is 17.8. The monoisotopic (exact) mass is 361 g/mol. The number of ether oxygens (including phenoxy) is 1. The lowest BCUT2D eigenvalue weighted by Crippen LogP contribution is -3.11. The third-order valence-corrected chi connectivity index (χ3v) is 4.52. The molecular weight excluding hydrogens is 336 g/mol. The number of halogens is 4. The Bertz CT molecular complexity index is 583. The van der Waals surface area contributed by atoms with E-state index >= 15 is 0 Å². The zero-order chi connectivity index (χ0) is 18.4. The van der Waals surface area contributed by atoms with Crippen molar-refractivity contribution in [3.8, 4) is 0 Å². The summed E-state index contributed by atoms with van der Waals surface area (Å²) in [6.45, 7) is 6.88. The summed E-state index contributed by atoms with van der Waals surface area (Å²) in [6.07, 6.45) is 4.03. The van der Waals surface area contributed by atoms with Crippen LogP contribution in [0.5, 0.6) is 0 Å². The minimum atomic E-state index is -1.41. The van der Waals surface area contributed by atoms with Gasteiger partial charge in [0.15, 0.2) is 23.3 Å². The highest BCUT2D eigenvalue weighted by Crippen LogP contribution is 2.29. The fourth-order valence-corrected chi connectivity index (χ4v) is 2.85. The number of hydrogen-bond donors (Lipinski definition) is 2. The molecule has 0 amide bonds. The Morgan fingerprint density at radius 1 is 1.08 bits per heavy atom. The summed E-state index contributed by atoms with van der Waals surface area (Å²) in [6, 6.07) is 0. The number of likely N-dealkylation sites (N-methyl/N-ethyl adjacent to an activating group) is 1. The number of benzene rings is 1. The summed E-state index contributed by atoms with van der Waals surface area (Å²) in [5.74, 6) is -5.60. The molecule has 3 nitrogen and oxygen atoms in total. The van der Waals surface area contributed by atoms with Gasteiger partial charge < -0.3 is 15.0 Å². The van der Waals surface area contributed by atoms with E-state index in [0.717, 1.165) is 32.0 Å². The van der Waals surface area contributed by atoms with Crippen molar-refractivity contribution in [3.63, 3.8) is 0 Å². The molecule has 0 aromatic heterocycles. The second-order valence-corrected chi connectivity index (χ2v) is 6.12. The van der Waals surface area contributed by atoms with Gasteiger partial charge in [-0.3, -0.25) is 0 Å². The van der Waals surface area contributed by atoms with Crippen LogP contribution in [0.4, 0.5) is 23.2 Å². The Balaban J connectivity index is 2.17. The Labute approximate surface area is 145 Å². The van der Waals surface area contributed by atoms with Gasteiger partial charge in [-0.15, -0.1) is 0 Å². The Hall–Kier alpha value is -1.60. The number of quaternary nitrogens is 1. The van der Waals surface area contributed by atoms with Crippen LogP contribution >= 0.6 is 0 Å². The van der Waals surface area contributed by atoms with E-state index in [0.29, 0.717) is 13.2 Å². The van der Waals surface area contributed by atoms with Gasteiger partial charge >= 0.3 is 0 Å². The molecule has 0 radical (unpaired) electrons. The fourth-order valence-electron chi connectivity index (χ4n) is 2.85. The van der Waals surface area contributed by atoms with E-state index in [1.807, 2.05) is 13.8 Å². The Morgan fingerprint density at radius 2 is 1.72 bits per heavy atom. The first-order valence-electron chi connectivity index (χ1n) is 8.71. The minimum absolute atomic E-state index is 0.104. The Morgan fingerprint density at radius 3 is 2.24 bits per heavy atom. The third-order valence-electron chi connectivity index (χ3n) is 4.52. The van der Waals surface area contributed by atoms with E-state index in [4.69, 9.17) is 4.74 Å². The van der Waals surface area contributed by atoms with E-state index in [-0.39, 0.29) is 12.6 Å². The quantitative estimate of drug-likeness (QED) is 0.550. The predicted octanol–water partition coefficient (Wildman–Crippen LogP) is 2.77. The number of hydrogen-bond acceptors (Lipinski definition) is 2. The average molecular weight is 361 g/mol. The lowest BCUT2D eigenvalue weighted by Gasteiger charge is -2.15. The largest absolute Gasteiger partial charge is 0.378 e. The maximum absolute atomic E-state index is 14.2. The summed E-state index contributed by atoms with van der Waals surface area (Å²) >= 11 is 0. The average Bonchev–Trinajstić information content (AvgIpc) is 3.13. The third kappa shape index (κ3) is 4.73. The molecule has 1 aliphatic heterocycles. The number of rotatable bonds is 8. The van der Waals surface area contributed by atoms with E-state index in [9.17, 15) is 17.6 Å². The van der Waals surface area contributed by atoms with E-state index < -0.39 is 34.5 Å². The van der Waals surface area contributed by atoms with Gasteiger partial charge in [-0.2, -0.15) is 0 Å². The summed E-state index contributed by atoms with van der Waals surface area (Å²) in [5, 5.41) is 2.44. The van der Waals surface area contributed by atoms with E-state index in [1.54, 1.807) is 0 Å². The second-order valence-electron chi connectivity index (χ2n) is 6.12. The van der Waals surface area contributed by atoms with Gasteiger partial charge in [-0.1, -0.05) is 0 Å². The molecule has 1 aromatic carbocycles. The van der Waals surface area contributed by atoms with Crippen molar-refractivity contribution < 1.29 is 27.2 Å². The summed E-state index contributed by atoms with van der Waals surface area (Å²) in [7, 11) is 0. The standard InChI is InChI=1S/C18H24F4N2O/c1-3-24(4-2)9-5-8-13-14(19)16(21)18(17(22)15(13)20)23-11-12-7-6-10-25-12/h5,8,12,23H,3-4,6-7,9-11H2,1-2H3/p+1/b8-5+/t12-/m0/s1. The zero-order valence-electron chi connectivity index (χ0n) is 14.6. The van der Waals surface area contributed by atoms with Crippen LogP contribution in [0.15, 0.2) is 6.08 Å². The predicted molar refractivity (Wildman–Crippen MR) is 89.7 cm³/mol. The van der Waals surface area contributed by atoms with Crippen molar-refractivity contribution in [1.82, 2.24) is 0 Å². The van der Waals surface area contributed by atoms with E-state index in [1.165, 1.54) is 11.0 Å². The van der Waals surface area contributed by atoms with Crippen LogP contribution in [0.2, 0.25) is 0 Å². The first-order chi connectivity index (χ1) is 12.0. The van der Waals surface area contributed by atoms with Gasteiger partial charge in [-0.05, 0) is 38.8 Å². The van der Waals surface area contributed by atoms with Gasteiger partial charge in [0, 0.05) is 13.2 Å². The van der Waals surface area contributed by atoms with Crippen molar-refractivity contribution >= 4 is 11.8 Å². The van der Waals surface area contributed by atoms with Crippen molar-refractivity contribution in [2.45, 2.75) is 32.8 Å². The summed E-state index contributed by atoms with van der Waals surface area (Å²) < 4.78 is 62.0. The van der Waals surface area contributed by atoms with Crippen LogP contribution < -0.4 is 10.2 Å². The molecule has 0 spiro atoms. The molecule has 2 rings (SSSR count). The van der Waals surface area contributed by atoms with Crippen molar-refractivity contribution in [1.29, 1.82) is 0 Å². The SMILES string of the molecule is CC[NH+](CC)C/C=C/c1c(F)c(F)c(NC[C@@H]2CCCO2)c(F)c1F. The molecule has 1 aliphatic rings. The van der Waals surface area contributed by atoms with Gasteiger partial charge in [0.1, 0.15) is 5.69 Å².